The van der Waals surface area contributed by atoms with Gasteiger partial charge in [0.25, 0.3) is 5.91 Å². The maximum Gasteiger partial charge on any atom is 0.254 e. The van der Waals surface area contributed by atoms with E-state index in [9.17, 15) is 9.90 Å². The lowest BCUT2D eigenvalue weighted by Gasteiger charge is -2.34. The molecule has 1 heterocycles. The van der Waals surface area contributed by atoms with Gasteiger partial charge in [0.15, 0.2) is 0 Å². The van der Waals surface area contributed by atoms with Crippen LogP contribution in [0.2, 0.25) is 0 Å². The van der Waals surface area contributed by atoms with Crippen molar-refractivity contribution in [3.63, 3.8) is 0 Å². The summed E-state index contributed by atoms with van der Waals surface area (Å²) in [4.78, 5) is 14.1. The van der Waals surface area contributed by atoms with Gasteiger partial charge in [0.2, 0.25) is 0 Å². The second kappa shape index (κ2) is 8.00. The van der Waals surface area contributed by atoms with Crippen molar-refractivity contribution in [2.75, 3.05) is 33.0 Å². The molecule has 1 amide bonds. The Morgan fingerprint density at radius 1 is 1.43 bits per heavy atom. The van der Waals surface area contributed by atoms with Crippen molar-refractivity contribution in [2.24, 2.45) is 0 Å². The van der Waals surface area contributed by atoms with Crippen LogP contribution in [-0.4, -0.2) is 54.9 Å². The molecule has 0 aliphatic carbocycles. The number of nitrogens with zero attached hydrogens (tertiary/aromatic N) is 1. The molecule has 1 aliphatic rings. The molecule has 1 N–H and O–H groups in total. The van der Waals surface area contributed by atoms with Crippen molar-refractivity contribution in [3.05, 3.63) is 29.8 Å². The number of ether oxygens (including phenoxy) is 2. The number of morpholine rings is 1. The van der Waals surface area contributed by atoms with Gasteiger partial charge in [-0.2, -0.15) is 0 Å². The number of carbonyl (C=O) groups excluding carboxylic acids is 1. The lowest BCUT2D eigenvalue weighted by molar-refractivity contribution is -0.0183. The third kappa shape index (κ3) is 4.19. The van der Waals surface area contributed by atoms with Gasteiger partial charge in [-0.15, -0.1) is 0 Å². The Labute approximate surface area is 125 Å². The van der Waals surface area contributed by atoms with E-state index < -0.39 is 0 Å². The Hall–Kier alpha value is -1.59. The van der Waals surface area contributed by atoms with Crippen LogP contribution >= 0.6 is 0 Å². The lowest BCUT2D eigenvalue weighted by atomic mass is 10.1. The van der Waals surface area contributed by atoms with E-state index in [1.54, 1.807) is 17.0 Å². The summed E-state index contributed by atoms with van der Waals surface area (Å²) < 4.78 is 10.9. The van der Waals surface area contributed by atoms with Crippen LogP contribution in [0.4, 0.5) is 0 Å². The molecule has 0 bridgehead atoms. The predicted molar refractivity (Wildman–Crippen MR) is 79.6 cm³/mol. The quantitative estimate of drug-likeness (QED) is 0.811. The molecule has 0 aromatic heterocycles. The van der Waals surface area contributed by atoms with Crippen LogP contribution in [0.1, 0.15) is 30.1 Å². The second-order valence-electron chi connectivity index (χ2n) is 5.14. The number of aliphatic hydroxyl groups is 1. The van der Waals surface area contributed by atoms with Gasteiger partial charge in [0, 0.05) is 12.1 Å². The fourth-order valence-corrected chi connectivity index (χ4v) is 2.27. The SMILES string of the molecule is CCCCOc1ccc(C(=O)N2CCOCC2CO)cc1. The fraction of sp³-hybridized carbons (Fsp3) is 0.562. The first kappa shape index (κ1) is 15.8. The van der Waals surface area contributed by atoms with E-state index in [4.69, 9.17) is 9.47 Å². The second-order valence-corrected chi connectivity index (χ2v) is 5.14. The molecule has 1 aromatic rings. The first-order chi connectivity index (χ1) is 10.3. The molecular weight excluding hydrogens is 270 g/mol. The Morgan fingerprint density at radius 2 is 2.19 bits per heavy atom. The molecule has 1 aliphatic heterocycles. The number of aliphatic hydroxyl groups excluding tert-OH is 1. The Bertz CT molecular complexity index is 446. The van der Waals surface area contributed by atoms with Gasteiger partial charge < -0.3 is 19.5 Å². The molecule has 0 saturated carbocycles. The van der Waals surface area contributed by atoms with Crippen LogP contribution in [-0.2, 0) is 4.74 Å². The highest BCUT2D eigenvalue weighted by Crippen LogP contribution is 2.16. The molecule has 5 heteroatoms. The molecule has 1 fully saturated rings. The van der Waals surface area contributed by atoms with Crippen molar-refractivity contribution < 1.29 is 19.4 Å². The van der Waals surface area contributed by atoms with E-state index in [2.05, 4.69) is 6.92 Å². The van der Waals surface area contributed by atoms with E-state index in [1.165, 1.54) is 0 Å². The van der Waals surface area contributed by atoms with E-state index in [0.717, 1.165) is 18.6 Å². The maximum atomic E-state index is 12.5. The minimum absolute atomic E-state index is 0.0718. The highest BCUT2D eigenvalue weighted by molar-refractivity contribution is 5.94. The average molecular weight is 293 g/mol. The van der Waals surface area contributed by atoms with Gasteiger partial charge in [0.1, 0.15) is 5.75 Å². The van der Waals surface area contributed by atoms with Gasteiger partial charge in [-0.3, -0.25) is 4.79 Å². The van der Waals surface area contributed by atoms with Gasteiger partial charge in [-0.25, -0.2) is 0 Å². The first-order valence-electron chi connectivity index (χ1n) is 7.48. The highest BCUT2D eigenvalue weighted by Gasteiger charge is 2.27. The molecule has 1 atom stereocenters. The Kier molecular flexibility index (Phi) is 6.02. The molecule has 1 aromatic carbocycles. The maximum absolute atomic E-state index is 12.5. The number of rotatable bonds is 6. The zero-order valence-electron chi connectivity index (χ0n) is 12.5. The van der Waals surface area contributed by atoms with Crippen molar-refractivity contribution in [1.29, 1.82) is 0 Å². The fourth-order valence-electron chi connectivity index (χ4n) is 2.27. The van der Waals surface area contributed by atoms with Crippen LogP contribution < -0.4 is 4.74 Å². The summed E-state index contributed by atoms with van der Waals surface area (Å²) in [6.45, 7) is 4.15. The van der Waals surface area contributed by atoms with Crippen molar-refractivity contribution >= 4 is 5.91 Å². The molecule has 21 heavy (non-hydrogen) atoms. The average Bonchev–Trinajstić information content (AvgIpc) is 2.55. The summed E-state index contributed by atoms with van der Waals surface area (Å²) in [6.07, 6.45) is 2.11. The molecule has 0 spiro atoms. The zero-order chi connectivity index (χ0) is 15.1. The zero-order valence-corrected chi connectivity index (χ0v) is 12.5. The standard InChI is InChI=1S/C16H23NO4/c1-2-3-9-21-15-6-4-13(5-7-15)16(19)17-8-10-20-12-14(17)11-18/h4-7,14,18H,2-3,8-12H2,1H3. The summed E-state index contributed by atoms with van der Waals surface area (Å²) in [5, 5.41) is 9.33. The summed E-state index contributed by atoms with van der Waals surface area (Å²) in [7, 11) is 0. The third-order valence-corrected chi connectivity index (χ3v) is 3.57. The summed E-state index contributed by atoms with van der Waals surface area (Å²) in [5.74, 6) is 0.707. The molecular formula is C16H23NO4. The number of hydrogen-bond donors (Lipinski definition) is 1. The minimum atomic E-state index is -0.258. The third-order valence-electron chi connectivity index (χ3n) is 3.57. The number of carbonyl (C=O) groups is 1. The van der Waals surface area contributed by atoms with Crippen LogP contribution in [0.3, 0.4) is 0 Å². The van der Waals surface area contributed by atoms with Gasteiger partial charge in [0.05, 0.1) is 32.5 Å². The Morgan fingerprint density at radius 3 is 2.86 bits per heavy atom. The highest BCUT2D eigenvalue weighted by atomic mass is 16.5. The molecule has 2 rings (SSSR count). The molecule has 5 nitrogen and oxygen atoms in total. The van der Waals surface area contributed by atoms with E-state index >= 15 is 0 Å². The van der Waals surface area contributed by atoms with Crippen LogP contribution in [0.25, 0.3) is 0 Å². The lowest BCUT2D eigenvalue weighted by Crippen LogP contribution is -2.50. The van der Waals surface area contributed by atoms with Crippen molar-refractivity contribution in [1.82, 2.24) is 4.90 Å². The minimum Gasteiger partial charge on any atom is -0.494 e. The monoisotopic (exact) mass is 293 g/mol. The van der Waals surface area contributed by atoms with Gasteiger partial charge in [-0.05, 0) is 30.7 Å². The summed E-state index contributed by atoms with van der Waals surface area (Å²) >= 11 is 0. The van der Waals surface area contributed by atoms with Gasteiger partial charge >= 0.3 is 0 Å². The van der Waals surface area contributed by atoms with E-state index in [0.29, 0.717) is 31.9 Å². The van der Waals surface area contributed by atoms with Crippen molar-refractivity contribution in [2.45, 2.75) is 25.8 Å². The van der Waals surface area contributed by atoms with E-state index in [-0.39, 0.29) is 18.6 Å². The van der Waals surface area contributed by atoms with Crippen LogP contribution in [0, 0.1) is 0 Å². The Balaban J connectivity index is 1.98. The number of unbranched alkanes of at least 4 members (excludes halogenated alkanes) is 1. The van der Waals surface area contributed by atoms with Crippen LogP contribution in [0.5, 0.6) is 5.75 Å². The van der Waals surface area contributed by atoms with Gasteiger partial charge in [-0.1, -0.05) is 13.3 Å². The first-order valence-corrected chi connectivity index (χ1v) is 7.48. The summed E-state index contributed by atoms with van der Waals surface area (Å²) in [6, 6.07) is 6.92. The number of amides is 1. The summed E-state index contributed by atoms with van der Waals surface area (Å²) in [5.41, 5.74) is 0.609. The van der Waals surface area contributed by atoms with Crippen LogP contribution in [0.15, 0.2) is 24.3 Å². The molecule has 116 valence electrons. The molecule has 0 radical (unpaired) electrons. The van der Waals surface area contributed by atoms with Crippen molar-refractivity contribution in [3.8, 4) is 5.75 Å². The normalized spacial score (nSPS) is 18.6. The number of hydrogen-bond acceptors (Lipinski definition) is 4. The molecule has 1 saturated heterocycles. The topological polar surface area (TPSA) is 59.0 Å². The predicted octanol–water partition coefficient (Wildman–Crippen LogP) is 1.70. The smallest absolute Gasteiger partial charge is 0.254 e. The van der Waals surface area contributed by atoms with E-state index in [1.807, 2.05) is 12.1 Å². The molecule has 1 unspecified atom stereocenters. The number of benzene rings is 1. The largest absolute Gasteiger partial charge is 0.494 e.